The van der Waals surface area contributed by atoms with E-state index >= 15 is 0 Å². The van der Waals surface area contributed by atoms with E-state index in [1.54, 1.807) is 24.3 Å². The molecule has 0 aliphatic heterocycles. The molecule has 8 heteroatoms. The number of aromatic nitrogens is 1. The van der Waals surface area contributed by atoms with Crippen LogP contribution in [0.4, 0.5) is 10.8 Å². The highest BCUT2D eigenvalue weighted by Crippen LogP contribution is 2.27. The molecule has 31 heavy (non-hydrogen) atoms. The fourth-order valence-electron chi connectivity index (χ4n) is 2.75. The second kappa shape index (κ2) is 9.42. The minimum Gasteiger partial charge on any atom is -0.507 e. The van der Waals surface area contributed by atoms with Gasteiger partial charge in [-0.15, -0.1) is 11.3 Å². The van der Waals surface area contributed by atoms with Gasteiger partial charge in [0.05, 0.1) is 11.9 Å². The number of hydrazone groups is 1. The van der Waals surface area contributed by atoms with Gasteiger partial charge in [-0.2, -0.15) is 5.10 Å². The molecule has 1 aromatic heterocycles. The molecule has 0 aliphatic carbocycles. The average molecular weight is 449 g/mol. The molecule has 0 unspecified atom stereocenters. The van der Waals surface area contributed by atoms with Gasteiger partial charge in [-0.3, -0.25) is 4.79 Å². The van der Waals surface area contributed by atoms with Crippen LogP contribution in [0.25, 0.3) is 11.3 Å². The van der Waals surface area contributed by atoms with Crippen molar-refractivity contribution in [1.82, 2.24) is 10.4 Å². The first-order valence-corrected chi connectivity index (χ1v) is 10.5. The number of anilines is 2. The summed E-state index contributed by atoms with van der Waals surface area (Å²) in [7, 11) is 0. The molecule has 0 radical (unpaired) electrons. The van der Waals surface area contributed by atoms with Crippen LogP contribution in [0.15, 0.2) is 83.3 Å². The maximum atomic E-state index is 12.3. The lowest BCUT2D eigenvalue weighted by atomic mass is 10.1. The predicted octanol–water partition coefficient (Wildman–Crippen LogP) is 5.68. The maximum absolute atomic E-state index is 12.3. The zero-order valence-corrected chi connectivity index (χ0v) is 17.7. The van der Waals surface area contributed by atoms with Crippen molar-refractivity contribution < 1.29 is 9.90 Å². The summed E-state index contributed by atoms with van der Waals surface area (Å²) in [6.07, 6.45) is 1.34. The number of halogens is 1. The van der Waals surface area contributed by atoms with Crippen LogP contribution < -0.4 is 10.7 Å². The van der Waals surface area contributed by atoms with Gasteiger partial charge >= 0.3 is 0 Å². The Morgan fingerprint density at radius 1 is 1.06 bits per heavy atom. The summed E-state index contributed by atoms with van der Waals surface area (Å²) in [4.78, 5) is 16.9. The van der Waals surface area contributed by atoms with Gasteiger partial charge in [0.15, 0.2) is 5.13 Å². The SMILES string of the molecule is O=C(N/N=C\c1cc(Cl)ccc1O)c1ccc(-c2csc(Nc3ccccc3)n2)cc1. The number of rotatable bonds is 6. The minimum absolute atomic E-state index is 0.0242. The molecule has 6 nitrogen and oxygen atoms in total. The van der Waals surface area contributed by atoms with E-state index in [2.05, 4.69) is 20.8 Å². The number of carbonyl (C=O) groups excluding carboxylic acids is 1. The lowest BCUT2D eigenvalue weighted by Crippen LogP contribution is -2.17. The number of amides is 1. The Morgan fingerprint density at radius 2 is 1.84 bits per heavy atom. The van der Waals surface area contributed by atoms with Gasteiger partial charge in [0, 0.05) is 32.8 Å². The quantitative estimate of drug-likeness (QED) is 0.262. The predicted molar refractivity (Wildman–Crippen MR) is 125 cm³/mol. The highest BCUT2D eigenvalue weighted by molar-refractivity contribution is 7.14. The van der Waals surface area contributed by atoms with Crippen molar-refractivity contribution in [2.75, 3.05) is 5.32 Å². The highest BCUT2D eigenvalue weighted by Gasteiger charge is 2.08. The smallest absolute Gasteiger partial charge is 0.271 e. The lowest BCUT2D eigenvalue weighted by Gasteiger charge is -2.03. The maximum Gasteiger partial charge on any atom is 0.271 e. The number of thiazole rings is 1. The fourth-order valence-corrected chi connectivity index (χ4v) is 3.68. The number of aromatic hydroxyl groups is 1. The Morgan fingerprint density at radius 3 is 2.61 bits per heavy atom. The van der Waals surface area contributed by atoms with Gasteiger partial charge in [0.1, 0.15) is 5.75 Å². The molecule has 0 fully saturated rings. The van der Waals surface area contributed by atoms with Gasteiger partial charge in [0.2, 0.25) is 0 Å². The second-order valence-electron chi connectivity index (χ2n) is 6.51. The van der Waals surface area contributed by atoms with Crippen molar-refractivity contribution in [2.45, 2.75) is 0 Å². The third-order valence-electron chi connectivity index (χ3n) is 4.33. The molecular weight excluding hydrogens is 432 g/mol. The number of hydrogen-bond donors (Lipinski definition) is 3. The third-order valence-corrected chi connectivity index (χ3v) is 5.32. The normalized spacial score (nSPS) is 10.9. The van der Waals surface area contributed by atoms with E-state index in [0.717, 1.165) is 22.1 Å². The van der Waals surface area contributed by atoms with Crippen LogP contribution in [0.5, 0.6) is 5.75 Å². The Balaban J connectivity index is 1.39. The molecule has 0 saturated heterocycles. The summed E-state index contributed by atoms with van der Waals surface area (Å²) in [5.41, 5.74) is 6.00. The van der Waals surface area contributed by atoms with E-state index in [4.69, 9.17) is 11.6 Å². The van der Waals surface area contributed by atoms with Gasteiger partial charge in [-0.25, -0.2) is 10.4 Å². The first-order valence-electron chi connectivity index (χ1n) is 9.28. The summed E-state index contributed by atoms with van der Waals surface area (Å²) >= 11 is 7.40. The monoisotopic (exact) mass is 448 g/mol. The summed E-state index contributed by atoms with van der Waals surface area (Å²) in [6, 6.07) is 21.5. The lowest BCUT2D eigenvalue weighted by molar-refractivity contribution is 0.0955. The molecule has 0 bridgehead atoms. The molecule has 3 aromatic carbocycles. The molecule has 0 spiro atoms. The number of benzene rings is 3. The highest BCUT2D eigenvalue weighted by atomic mass is 35.5. The van der Waals surface area contributed by atoms with Gasteiger partial charge in [-0.05, 0) is 42.5 Å². The van der Waals surface area contributed by atoms with E-state index in [0.29, 0.717) is 16.1 Å². The molecule has 4 aromatic rings. The van der Waals surface area contributed by atoms with Crippen molar-refractivity contribution in [3.8, 4) is 17.0 Å². The second-order valence-corrected chi connectivity index (χ2v) is 7.80. The van der Waals surface area contributed by atoms with E-state index in [9.17, 15) is 9.90 Å². The first-order chi connectivity index (χ1) is 15.1. The van der Waals surface area contributed by atoms with Crippen LogP contribution in [0.3, 0.4) is 0 Å². The fraction of sp³-hybridized carbons (Fsp3) is 0. The summed E-state index contributed by atoms with van der Waals surface area (Å²) < 4.78 is 0. The Hall–Kier alpha value is -3.68. The molecule has 0 saturated carbocycles. The topological polar surface area (TPSA) is 86.6 Å². The van der Waals surface area contributed by atoms with E-state index in [1.165, 1.54) is 23.6 Å². The van der Waals surface area contributed by atoms with E-state index in [1.807, 2.05) is 47.8 Å². The number of nitrogens with zero attached hydrogens (tertiary/aromatic N) is 2. The number of phenols is 1. The van der Waals surface area contributed by atoms with E-state index < -0.39 is 0 Å². The van der Waals surface area contributed by atoms with Crippen molar-refractivity contribution in [3.63, 3.8) is 0 Å². The summed E-state index contributed by atoms with van der Waals surface area (Å²) in [5, 5.41) is 20.1. The van der Waals surface area contributed by atoms with Crippen LogP contribution >= 0.6 is 22.9 Å². The summed E-state index contributed by atoms with van der Waals surface area (Å²) in [5.74, 6) is -0.342. The Labute approximate surface area is 187 Å². The number of hydrogen-bond acceptors (Lipinski definition) is 6. The minimum atomic E-state index is -0.367. The van der Waals surface area contributed by atoms with E-state index in [-0.39, 0.29) is 11.7 Å². The van der Waals surface area contributed by atoms with Gasteiger partial charge in [0.25, 0.3) is 5.91 Å². The number of para-hydroxylation sites is 1. The van der Waals surface area contributed by atoms with Crippen molar-refractivity contribution in [2.24, 2.45) is 5.10 Å². The molecule has 0 atom stereocenters. The largest absolute Gasteiger partial charge is 0.507 e. The Kier molecular flexibility index (Phi) is 6.26. The first kappa shape index (κ1) is 20.6. The molecule has 4 rings (SSSR count). The van der Waals surface area contributed by atoms with Gasteiger partial charge in [-0.1, -0.05) is 41.9 Å². The number of phenolic OH excluding ortho intramolecular Hbond substituents is 1. The molecule has 0 aliphatic rings. The van der Waals surface area contributed by atoms with Crippen LogP contribution in [0.2, 0.25) is 5.02 Å². The van der Waals surface area contributed by atoms with Crippen molar-refractivity contribution in [1.29, 1.82) is 0 Å². The molecule has 1 amide bonds. The molecule has 1 heterocycles. The zero-order chi connectivity index (χ0) is 21.6. The van der Waals surface area contributed by atoms with Crippen LogP contribution in [0, 0.1) is 0 Å². The Bertz CT molecular complexity index is 1220. The standard InChI is InChI=1S/C23H17ClN4O2S/c24-18-10-11-21(29)17(12-18)13-25-28-22(30)16-8-6-15(7-9-16)20-14-31-23(27-20)26-19-4-2-1-3-5-19/h1-14,29H,(H,26,27)(H,28,30)/b25-13-. The van der Waals surface area contributed by atoms with Crippen LogP contribution in [-0.2, 0) is 0 Å². The van der Waals surface area contributed by atoms with Crippen molar-refractivity contribution in [3.05, 3.63) is 94.3 Å². The van der Waals surface area contributed by atoms with Crippen molar-refractivity contribution >= 4 is 45.9 Å². The number of carbonyl (C=O) groups is 1. The third kappa shape index (κ3) is 5.28. The van der Waals surface area contributed by atoms with Crippen LogP contribution in [-0.4, -0.2) is 22.2 Å². The molecule has 154 valence electrons. The average Bonchev–Trinajstić information content (AvgIpc) is 3.25. The number of nitrogens with one attached hydrogen (secondary N) is 2. The molecule has 3 N–H and O–H groups in total. The van der Waals surface area contributed by atoms with Gasteiger partial charge < -0.3 is 10.4 Å². The van der Waals surface area contributed by atoms with Crippen LogP contribution in [0.1, 0.15) is 15.9 Å². The zero-order valence-electron chi connectivity index (χ0n) is 16.1. The summed E-state index contributed by atoms with van der Waals surface area (Å²) in [6.45, 7) is 0. The molecular formula is C23H17ClN4O2S.